The van der Waals surface area contributed by atoms with Crippen molar-refractivity contribution in [2.45, 2.75) is 25.8 Å². The first-order valence-electron chi connectivity index (χ1n) is 8.25. The van der Waals surface area contributed by atoms with E-state index in [2.05, 4.69) is 20.5 Å². The van der Waals surface area contributed by atoms with Crippen LogP contribution in [0.5, 0.6) is 0 Å². The molecule has 130 valence electrons. The van der Waals surface area contributed by atoms with Crippen molar-refractivity contribution in [3.63, 3.8) is 0 Å². The van der Waals surface area contributed by atoms with Crippen molar-refractivity contribution in [3.05, 3.63) is 36.0 Å². The molecule has 0 aromatic carbocycles. The Hall–Kier alpha value is -2.95. The highest BCUT2D eigenvalue weighted by Gasteiger charge is 2.38. The molecule has 0 radical (unpaired) electrons. The van der Waals surface area contributed by atoms with E-state index >= 15 is 0 Å². The molecule has 1 fully saturated rings. The van der Waals surface area contributed by atoms with E-state index in [-0.39, 0.29) is 29.5 Å². The number of nitriles is 1. The average molecular weight is 339 g/mol. The first-order valence-corrected chi connectivity index (χ1v) is 8.25. The minimum atomic E-state index is -0.0437. The van der Waals surface area contributed by atoms with Gasteiger partial charge in [-0.25, -0.2) is 4.98 Å². The lowest BCUT2D eigenvalue weighted by molar-refractivity contribution is -0.133. The number of hydrogen-bond acceptors (Lipinski definition) is 6. The molecule has 25 heavy (non-hydrogen) atoms. The zero-order valence-corrected chi connectivity index (χ0v) is 14.5. The van der Waals surface area contributed by atoms with E-state index < -0.39 is 0 Å². The Kier molecular flexibility index (Phi) is 4.65. The van der Waals surface area contributed by atoms with Crippen LogP contribution in [0, 0.1) is 17.2 Å². The molecule has 0 spiro atoms. The number of anilines is 1. The van der Waals surface area contributed by atoms with Crippen LogP contribution in [0.2, 0.25) is 0 Å². The SMILES string of the molecule is CC(C)C(=O)N1C[C@@H](Nc2ccc(C#N)nn2)[C@H](c2cn(C)cn2)C1. The van der Waals surface area contributed by atoms with Gasteiger partial charge in [-0.2, -0.15) is 5.26 Å². The number of likely N-dealkylation sites (tertiary alicyclic amines) is 1. The largest absolute Gasteiger partial charge is 0.363 e. The van der Waals surface area contributed by atoms with E-state index in [9.17, 15) is 4.79 Å². The second-order valence-corrected chi connectivity index (χ2v) is 6.63. The van der Waals surface area contributed by atoms with Gasteiger partial charge in [-0.3, -0.25) is 4.79 Å². The predicted molar refractivity (Wildman–Crippen MR) is 91.5 cm³/mol. The maximum absolute atomic E-state index is 12.4. The summed E-state index contributed by atoms with van der Waals surface area (Å²) in [5.41, 5.74) is 1.22. The molecular formula is C17H21N7O. The van der Waals surface area contributed by atoms with Gasteiger partial charge in [-0.15, -0.1) is 10.2 Å². The van der Waals surface area contributed by atoms with Gasteiger partial charge in [0.15, 0.2) is 5.69 Å². The van der Waals surface area contributed by atoms with Gasteiger partial charge in [0.1, 0.15) is 11.9 Å². The molecule has 3 rings (SSSR count). The second-order valence-electron chi connectivity index (χ2n) is 6.63. The topological polar surface area (TPSA) is 99.7 Å². The molecule has 2 atom stereocenters. The Morgan fingerprint density at radius 2 is 2.16 bits per heavy atom. The summed E-state index contributed by atoms with van der Waals surface area (Å²) in [5, 5.41) is 20.1. The molecule has 8 heteroatoms. The third-order valence-corrected chi connectivity index (χ3v) is 4.34. The predicted octanol–water partition coefficient (Wildman–Crippen LogP) is 1.14. The normalized spacial score (nSPS) is 19.9. The fourth-order valence-electron chi connectivity index (χ4n) is 3.08. The molecule has 1 aliphatic heterocycles. The first-order chi connectivity index (χ1) is 12.0. The third kappa shape index (κ3) is 3.60. The van der Waals surface area contributed by atoms with Gasteiger partial charge in [0.2, 0.25) is 5.91 Å². The molecule has 1 amide bonds. The fraction of sp³-hybridized carbons (Fsp3) is 0.471. The van der Waals surface area contributed by atoms with Gasteiger partial charge in [-0.1, -0.05) is 13.8 Å². The van der Waals surface area contributed by atoms with E-state index in [1.165, 1.54) is 0 Å². The van der Waals surface area contributed by atoms with Gasteiger partial charge in [0, 0.05) is 38.2 Å². The number of amides is 1. The quantitative estimate of drug-likeness (QED) is 0.897. The standard InChI is InChI=1S/C17H21N7O/c1-11(2)17(25)24-7-13(14-8-23(3)10-19-14)15(9-24)20-16-5-4-12(6-18)21-22-16/h4-5,8,10-11,13,15H,7,9H2,1-3H3,(H,20,22)/t13-,15+/m0/s1. The minimum absolute atomic E-state index is 0.0140. The van der Waals surface area contributed by atoms with Crippen molar-refractivity contribution in [2.75, 3.05) is 18.4 Å². The number of hydrogen-bond donors (Lipinski definition) is 1. The van der Waals surface area contributed by atoms with Gasteiger partial charge in [0.05, 0.1) is 18.1 Å². The molecule has 3 heterocycles. The Bertz CT molecular complexity index is 790. The number of nitrogens with zero attached hydrogens (tertiary/aromatic N) is 6. The zero-order chi connectivity index (χ0) is 18.0. The summed E-state index contributed by atoms with van der Waals surface area (Å²) in [4.78, 5) is 18.8. The summed E-state index contributed by atoms with van der Waals surface area (Å²) >= 11 is 0. The molecule has 1 saturated heterocycles. The number of aryl methyl sites for hydroxylation is 1. The van der Waals surface area contributed by atoms with Crippen molar-refractivity contribution in [2.24, 2.45) is 13.0 Å². The van der Waals surface area contributed by atoms with Crippen molar-refractivity contribution >= 4 is 11.7 Å². The lowest BCUT2D eigenvalue weighted by atomic mass is 10.0. The smallest absolute Gasteiger partial charge is 0.225 e. The van der Waals surface area contributed by atoms with Gasteiger partial charge < -0.3 is 14.8 Å². The number of rotatable bonds is 4. The Labute approximate surface area is 146 Å². The fourth-order valence-corrected chi connectivity index (χ4v) is 3.08. The Morgan fingerprint density at radius 1 is 1.36 bits per heavy atom. The Balaban J connectivity index is 1.82. The number of aromatic nitrogens is 4. The van der Waals surface area contributed by atoms with Crippen LogP contribution >= 0.6 is 0 Å². The summed E-state index contributed by atoms with van der Waals surface area (Å²) in [7, 11) is 1.93. The molecule has 2 aromatic rings. The van der Waals surface area contributed by atoms with Crippen molar-refractivity contribution in [1.29, 1.82) is 5.26 Å². The molecule has 0 bridgehead atoms. The maximum atomic E-state index is 12.4. The zero-order valence-electron chi connectivity index (χ0n) is 14.5. The van der Waals surface area contributed by atoms with Gasteiger partial charge in [-0.05, 0) is 12.1 Å². The molecule has 0 saturated carbocycles. The molecule has 1 aliphatic rings. The highest BCUT2D eigenvalue weighted by Crippen LogP contribution is 2.29. The van der Waals surface area contributed by atoms with Gasteiger partial charge >= 0.3 is 0 Å². The minimum Gasteiger partial charge on any atom is -0.363 e. The van der Waals surface area contributed by atoms with Crippen LogP contribution in [0.15, 0.2) is 24.7 Å². The number of carbonyl (C=O) groups is 1. The van der Waals surface area contributed by atoms with E-state index in [0.717, 1.165) is 5.69 Å². The lowest BCUT2D eigenvalue weighted by Crippen LogP contribution is -2.34. The van der Waals surface area contributed by atoms with Crippen LogP contribution < -0.4 is 5.32 Å². The maximum Gasteiger partial charge on any atom is 0.225 e. The molecule has 2 aromatic heterocycles. The molecule has 8 nitrogen and oxygen atoms in total. The highest BCUT2D eigenvalue weighted by atomic mass is 16.2. The monoisotopic (exact) mass is 339 g/mol. The van der Waals surface area contributed by atoms with Crippen LogP contribution in [0.1, 0.15) is 31.2 Å². The first kappa shape index (κ1) is 16.9. The number of carbonyl (C=O) groups excluding carboxylic acids is 1. The average Bonchev–Trinajstić information content (AvgIpc) is 3.21. The summed E-state index contributed by atoms with van der Waals surface area (Å²) in [6.45, 7) is 5.02. The van der Waals surface area contributed by atoms with Crippen molar-refractivity contribution < 1.29 is 4.79 Å². The van der Waals surface area contributed by atoms with Gasteiger partial charge in [0.25, 0.3) is 0 Å². The number of nitrogens with one attached hydrogen (secondary N) is 1. The van der Waals surface area contributed by atoms with Crippen molar-refractivity contribution in [1.82, 2.24) is 24.6 Å². The van der Waals surface area contributed by atoms with E-state index in [1.54, 1.807) is 18.5 Å². The van der Waals surface area contributed by atoms with Crippen molar-refractivity contribution in [3.8, 4) is 6.07 Å². The van der Waals surface area contributed by atoms with Crippen LogP contribution in [-0.2, 0) is 11.8 Å². The summed E-state index contributed by atoms with van der Waals surface area (Å²) in [6.07, 6.45) is 3.74. The second kappa shape index (κ2) is 6.89. The summed E-state index contributed by atoms with van der Waals surface area (Å²) < 4.78 is 1.90. The third-order valence-electron chi connectivity index (χ3n) is 4.34. The highest BCUT2D eigenvalue weighted by molar-refractivity contribution is 5.78. The van der Waals surface area contributed by atoms with Crippen LogP contribution in [-0.4, -0.2) is 49.7 Å². The lowest BCUT2D eigenvalue weighted by Gasteiger charge is -2.19. The molecule has 0 unspecified atom stereocenters. The molecular weight excluding hydrogens is 318 g/mol. The van der Waals surface area contributed by atoms with Crippen LogP contribution in [0.25, 0.3) is 0 Å². The summed E-state index contributed by atoms with van der Waals surface area (Å²) in [6, 6.07) is 5.29. The van der Waals surface area contributed by atoms with E-state index in [4.69, 9.17) is 5.26 Å². The summed E-state index contributed by atoms with van der Waals surface area (Å²) in [5.74, 6) is 0.749. The van der Waals surface area contributed by atoms with Crippen LogP contribution in [0.4, 0.5) is 5.82 Å². The number of imidazole rings is 1. The van der Waals surface area contributed by atoms with Crippen LogP contribution in [0.3, 0.4) is 0 Å². The van der Waals surface area contributed by atoms with E-state index in [0.29, 0.717) is 18.9 Å². The Morgan fingerprint density at radius 3 is 2.72 bits per heavy atom. The molecule has 1 N–H and O–H groups in total. The molecule has 0 aliphatic carbocycles. The van der Waals surface area contributed by atoms with E-state index in [1.807, 2.05) is 42.6 Å².